The fourth-order valence-electron chi connectivity index (χ4n) is 1.54. The molecule has 2 nitrogen and oxygen atoms in total. The lowest BCUT2D eigenvalue weighted by molar-refractivity contribution is 0.00921. The molecule has 0 fully saturated rings. The molecule has 92 valence electrons. The molecule has 0 rings (SSSR count). The van der Waals surface area contributed by atoms with Crippen LogP contribution in [-0.2, 0) is 4.74 Å². The molecule has 0 aliphatic carbocycles. The molecule has 2 atom stereocenters. The maximum Gasteiger partial charge on any atom is 0.0622 e. The Labute approximate surface area is 95.8 Å². The molecule has 0 spiro atoms. The highest BCUT2D eigenvalue weighted by atomic mass is 16.5. The lowest BCUT2D eigenvalue weighted by Gasteiger charge is -2.27. The molecule has 0 heterocycles. The van der Waals surface area contributed by atoms with Gasteiger partial charge in [-0.2, -0.15) is 0 Å². The van der Waals surface area contributed by atoms with Gasteiger partial charge in [0, 0.05) is 7.11 Å². The summed E-state index contributed by atoms with van der Waals surface area (Å²) in [7, 11) is 1.80. The number of rotatable bonds is 8. The van der Waals surface area contributed by atoms with Gasteiger partial charge in [-0.05, 0) is 51.6 Å². The summed E-state index contributed by atoms with van der Waals surface area (Å²) in [6, 6.07) is 0. The van der Waals surface area contributed by atoms with Crippen molar-refractivity contribution in [3.8, 4) is 0 Å². The first-order chi connectivity index (χ1) is 6.93. The van der Waals surface area contributed by atoms with E-state index in [9.17, 15) is 0 Å². The molecule has 2 heteroatoms. The van der Waals surface area contributed by atoms with Crippen LogP contribution in [-0.4, -0.2) is 25.8 Å². The average Bonchev–Trinajstić information content (AvgIpc) is 2.22. The first-order valence-corrected chi connectivity index (χ1v) is 6.18. The average molecular weight is 215 g/mol. The maximum absolute atomic E-state index is 5.43. The molecule has 1 N–H and O–H groups in total. The first kappa shape index (κ1) is 14.9. The summed E-state index contributed by atoms with van der Waals surface area (Å²) in [5.41, 5.74) is 0.0339. The van der Waals surface area contributed by atoms with Crippen molar-refractivity contribution in [2.75, 3.05) is 20.2 Å². The van der Waals surface area contributed by atoms with Crippen LogP contribution in [0.1, 0.15) is 47.5 Å². The van der Waals surface area contributed by atoms with E-state index in [-0.39, 0.29) is 5.60 Å². The zero-order chi connectivity index (χ0) is 11.9. The van der Waals surface area contributed by atoms with Crippen LogP contribution in [0.4, 0.5) is 0 Å². The van der Waals surface area contributed by atoms with Gasteiger partial charge in [0.25, 0.3) is 0 Å². The predicted octanol–water partition coefficient (Wildman–Crippen LogP) is 3.07. The molecular formula is C13H29NO. The molecule has 0 aliphatic heterocycles. The molecule has 0 radical (unpaired) electrons. The lowest BCUT2D eigenvalue weighted by atomic mass is 9.88. The molecule has 0 aromatic carbocycles. The molecule has 0 aliphatic rings. The molecule has 0 saturated heterocycles. The second-order valence-corrected chi connectivity index (χ2v) is 5.26. The molecule has 0 amide bonds. The van der Waals surface area contributed by atoms with E-state index in [0.29, 0.717) is 0 Å². The zero-order valence-electron chi connectivity index (χ0n) is 11.4. The summed E-state index contributed by atoms with van der Waals surface area (Å²) in [5.74, 6) is 1.51. The number of hydrogen-bond donors (Lipinski definition) is 1. The first-order valence-electron chi connectivity index (χ1n) is 6.18. The standard InChI is InChI=1S/C13H29NO/c1-7-14-10-12(3)11(2)8-9-13(4,5)15-6/h11-12,14H,7-10H2,1-6H3. The molecular weight excluding hydrogens is 186 g/mol. The summed E-state index contributed by atoms with van der Waals surface area (Å²) in [4.78, 5) is 0. The van der Waals surface area contributed by atoms with Gasteiger partial charge in [0.15, 0.2) is 0 Å². The van der Waals surface area contributed by atoms with Crippen molar-refractivity contribution in [3.63, 3.8) is 0 Å². The minimum atomic E-state index is 0.0339. The van der Waals surface area contributed by atoms with Gasteiger partial charge >= 0.3 is 0 Å². The van der Waals surface area contributed by atoms with E-state index in [1.165, 1.54) is 6.42 Å². The van der Waals surface area contributed by atoms with E-state index in [0.717, 1.165) is 31.3 Å². The summed E-state index contributed by atoms with van der Waals surface area (Å²) in [6.07, 6.45) is 2.38. The Balaban J connectivity index is 3.77. The summed E-state index contributed by atoms with van der Waals surface area (Å²) in [6.45, 7) is 13.3. The van der Waals surface area contributed by atoms with Gasteiger partial charge in [0.1, 0.15) is 0 Å². The summed E-state index contributed by atoms with van der Waals surface area (Å²) >= 11 is 0. The molecule has 0 bridgehead atoms. The van der Waals surface area contributed by atoms with E-state index >= 15 is 0 Å². The summed E-state index contributed by atoms with van der Waals surface area (Å²) in [5, 5.41) is 3.41. The second-order valence-electron chi connectivity index (χ2n) is 5.26. The highest BCUT2D eigenvalue weighted by molar-refractivity contribution is 4.72. The van der Waals surface area contributed by atoms with Gasteiger partial charge in [0.05, 0.1) is 5.60 Å². The van der Waals surface area contributed by atoms with E-state index in [1.54, 1.807) is 7.11 Å². The van der Waals surface area contributed by atoms with E-state index in [4.69, 9.17) is 4.74 Å². The highest BCUT2D eigenvalue weighted by Crippen LogP contribution is 2.23. The second kappa shape index (κ2) is 7.24. The third kappa shape index (κ3) is 6.91. The van der Waals surface area contributed by atoms with Gasteiger partial charge < -0.3 is 10.1 Å². The van der Waals surface area contributed by atoms with Crippen LogP contribution in [0.3, 0.4) is 0 Å². The number of methoxy groups -OCH3 is 1. The third-order valence-corrected chi connectivity index (χ3v) is 3.44. The van der Waals surface area contributed by atoms with Gasteiger partial charge in [-0.3, -0.25) is 0 Å². The fourth-order valence-corrected chi connectivity index (χ4v) is 1.54. The Kier molecular flexibility index (Phi) is 7.20. The smallest absolute Gasteiger partial charge is 0.0622 e. The van der Waals surface area contributed by atoms with Crippen LogP contribution >= 0.6 is 0 Å². The Bertz CT molecular complexity index is 157. The molecule has 0 aromatic rings. The van der Waals surface area contributed by atoms with Crippen LogP contribution in [0, 0.1) is 11.8 Å². The van der Waals surface area contributed by atoms with Crippen molar-refractivity contribution in [1.29, 1.82) is 0 Å². The van der Waals surface area contributed by atoms with Crippen LogP contribution in [0.15, 0.2) is 0 Å². The highest BCUT2D eigenvalue weighted by Gasteiger charge is 2.19. The van der Waals surface area contributed by atoms with E-state index in [2.05, 4.69) is 39.9 Å². The van der Waals surface area contributed by atoms with E-state index in [1.807, 2.05) is 0 Å². The topological polar surface area (TPSA) is 21.3 Å². The van der Waals surface area contributed by atoms with Crippen molar-refractivity contribution >= 4 is 0 Å². The molecule has 15 heavy (non-hydrogen) atoms. The number of hydrogen-bond acceptors (Lipinski definition) is 2. The molecule has 0 aromatic heterocycles. The normalized spacial score (nSPS) is 16.4. The Hall–Kier alpha value is -0.0800. The van der Waals surface area contributed by atoms with Gasteiger partial charge in [-0.1, -0.05) is 20.8 Å². The quantitative estimate of drug-likeness (QED) is 0.672. The molecule has 2 unspecified atom stereocenters. The van der Waals surface area contributed by atoms with Gasteiger partial charge in [0.2, 0.25) is 0 Å². The Morgan fingerprint density at radius 2 is 1.80 bits per heavy atom. The predicted molar refractivity (Wildman–Crippen MR) is 67.2 cm³/mol. The maximum atomic E-state index is 5.43. The Morgan fingerprint density at radius 1 is 1.20 bits per heavy atom. The van der Waals surface area contributed by atoms with Crippen molar-refractivity contribution < 1.29 is 4.74 Å². The van der Waals surface area contributed by atoms with Crippen LogP contribution < -0.4 is 5.32 Å². The van der Waals surface area contributed by atoms with E-state index < -0.39 is 0 Å². The summed E-state index contributed by atoms with van der Waals surface area (Å²) < 4.78 is 5.43. The van der Waals surface area contributed by atoms with Crippen molar-refractivity contribution in [3.05, 3.63) is 0 Å². The minimum Gasteiger partial charge on any atom is -0.379 e. The largest absolute Gasteiger partial charge is 0.379 e. The zero-order valence-corrected chi connectivity index (χ0v) is 11.4. The Morgan fingerprint density at radius 3 is 2.27 bits per heavy atom. The van der Waals surface area contributed by atoms with Gasteiger partial charge in [-0.15, -0.1) is 0 Å². The SMILES string of the molecule is CCNCC(C)C(C)CCC(C)(C)OC. The third-order valence-electron chi connectivity index (χ3n) is 3.44. The van der Waals surface area contributed by atoms with Crippen LogP contribution in [0.25, 0.3) is 0 Å². The van der Waals surface area contributed by atoms with Crippen molar-refractivity contribution in [2.24, 2.45) is 11.8 Å². The minimum absolute atomic E-state index is 0.0339. The fraction of sp³-hybridized carbons (Fsp3) is 1.00. The van der Waals surface area contributed by atoms with Crippen molar-refractivity contribution in [2.45, 2.75) is 53.1 Å². The molecule has 0 saturated carbocycles. The number of nitrogens with one attached hydrogen (secondary N) is 1. The number of ether oxygens (including phenoxy) is 1. The van der Waals surface area contributed by atoms with Crippen molar-refractivity contribution in [1.82, 2.24) is 5.32 Å². The van der Waals surface area contributed by atoms with Gasteiger partial charge in [-0.25, -0.2) is 0 Å². The van der Waals surface area contributed by atoms with Crippen LogP contribution in [0.5, 0.6) is 0 Å². The monoisotopic (exact) mass is 215 g/mol. The lowest BCUT2D eigenvalue weighted by Crippen LogP contribution is -2.28. The van der Waals surface area contributed by atoms with Crippen LogP contribution in [0.2, 0.25) is 0 Å².